The van der Waals surface area contributed by atoms with Crippen LogP contribution in [0.5, 0.6) is 0 Å². The van der Waals surface area contributed by atoms with Crippen LogP contribution in [0.3, 0.4) is 0 Å². The molecule has 0 aliphatic carbocycles. The van der Waals surface area contributed by atoms with Crippen LogP contribution in [-0.2, 0) is 29.1 Å². The van der Waals surface area contributed by atoms with Gasteiger partial charge < -0.3 is 4.90 Å². The van der Waals surface area contributed by atoms with E-state index < -0.39 is 36.6 Å². The maximum Gasteiger partial charge on any atom is 0.408 e. The Morgan fingerprint density at radius 1 is 1.05 bits per heavy atom. The van der Waals surface area contributed by atoms with E-state index in [0.29, 0.717) is 21.4 Å². The molecule has 4 aromatic rings. The van der Waals surface area contributed by atoms with E-state index >= 15 is 0 Å². The zero-order valence-electron chi connectivity index (χ0n) is 22.1. The molecule has 0 unspecified atom stereocenters. The number of benzene rings is 1. The van der Waals surface area contributed by atoms with Gasteiger partial charge in [-0.3, -0.25) is 23.7 Å². The van der Waals surface area contributed by atoms with Crippen LogP contribution in [-0.4, -0.2) is 76.8 Å². The number of carbonyl (C=O) groups is 3. The smallest absolute Gasteiger partial charge is 0.328 e. The molecule has 0 bridgehead atoms. The van der Waals surface area contributed by atoms with Crippen molar-refractivity contribution in [3.63, 3.8) is 0 Å². The maximum absolute atomic E-state index is 14.4. The van der Waals surface area contributed by atoms with Gasteiger partial charge in [0, 0.05) is 42.9 Å². The third kappa shape index (κ3) is 6.15. The van der Waals surface area contributed by atoms with Crippen molar-refractivity contribution in [3.8, 4) is 11.1 Å². The number of carbonyl (C=O) groups excluding carboxylic acids is 3. The first-order valence-electron chi connectivity index (χ1n) is 12.7. The van der Waals surface area contributed by atoms with Gasteiger partial charge in [-0.1, -0.05) is 6.07 Å². The monoisotopic (exact) mass is 571 g/mol. The number of likely N-dealkylation sites (tertiary alicyclic amines) is 1. The highest BCUT2D eigenvalue weighted by Crippen LogP contribution is 2.28. The molecule has 41 heavy (non-hydrogen) atoms. The fourth-order valence-electron chi connectivity index (χ4n) is 4.93. The minimum absolute atomic E-state index is 0.0907. The van der Waals surface area contributed by atoms with Gasteiger partial charge in [-0.25, -0.2) is 14.4 Å². The molecular formula is C27H25F4N7O3. The molecule has 1 aliphatic heterocycles. The van der Waals surface area contributed by atoms with E-state index in [1.807, 2.05) is 0 Å². The van der Waals surface area contributed by atoms with E-state index in [9.17, 15) is 31.9 Å². The number of amides is 1. The molecule has 1 saturated heterocycles. The second-order valence-electron chi connectivity index (χ2n) is 9.97. The molecule has 14 heteroatoms. The fraction of sp³-hybridized carbons (Fsp3) is 0.370. The topological polar surface area (TPSA) is 116 Å². The maximum atomic E-state index is 14.4. The van der Waals surface area contributed by atoms with Gasteiger partial charge in [0.2, 0.25) is 5.91 Å². The Morgan fingerprint density at radius 3 is 2.46 bits per heavy atom. The summed E-state index contributed by atoms with van der Waals surface area (Å²) >= 11 is 0. The van der Waals surface area contributed by atoms with Gasteiger partial charge >= 0.3 is 6.18 Å². The highest BCUT2D eigenvalue weighted by Gasteiger charge is 2.40. The second-order valence-corrected chi connectivity index (χ2v) is 9.97. The largest absolute Gasteiger partial charge is 0.408 e. The fourth-order valence-corrected chi connectivity index (χ4v) is 4.93. The van der Waals surface area contributed by atoms with Crippen LogP contribution >= 0.6 is 0 Å². The number of aromatic nitrogens is 6. The van der Waals surface area contributed by atoms with E-state index in [0.717, 1.165) is 22.2 Å². The summed E-state index contributed by atoms with van der Waals surface area (Å²) in [5, 5.41) is 8.63. The van der Waals surface area contributed by atoms with Crippen molar-refractivity contribution in [1.29, 1.82) is 0 Å². The van der Waals surface area contributed by atoms with Gasteiger partial charge in [-0.05, 0) is 30.7 Å². The van der Waals surface area contributed by atoms with Crippen molar-refractivity contribution < 1.29 is 31.9 Å². The predicted octanol–water partition coefficient (Wildman–Crippen LogP) is 3.51. The van der Waals surface area contributed by atoms with Gasteiger partial charge in [0.1, 0.15) is 30.8 Å². The average Bonchev–Trinajstić information content (AvgIpc) is 3.60. The van der Waals surface area contributed by atoms with Crippen LogP contribution < -0.4 is 0 Å². The molecule has 4 heterocycles. The zero-order chi connectivity index (χ0) is 29.5. The minimum atomic E-state index is -4.47. The average molecular weight is 572 g/mol. The molecule has 1 amide bonds. The highest BCUT2D eigenvalue weighted by molar-refractivity contribution is 6.06. The Morgan fingerprint density at radius 2 is 1.78 bits per heavy atom. The number of halogens is 4. The Hall–Kier alpha value is -4.49. The number of hydrogen-bond acceptors (Lipinski definition) is 7. The van der Waals surface area contributed by atoms with E-state index in [1.54, 1.807) is 37.5 Å². The van der Waals surface area contributed by atoms with Crippen LogP contribution in [0.1, 0.15) is 35.4 Å². The second kappa shape index (κ2) is 10.8. The van der Waals surface area contributed by atoms with Crippen molar-refractivity contribution >= 4 is 28.4 Å². The number of aryl methyl sites for hydroxylation is 1. The lowest BCUT2D eigenvalue weighted by molar-refractivity contribution is -0.142. The van der Waals surface area contributed by atoms with Gasteiger partial charge in [-0.15, -0.1) is 0 Å². The molecule has 214 valence electrons. The minimum Gasteiger partial charge on any atom is -0.328 e. The molecule has 3 aromatic heterocycles. The SMILES string of the molecule is CC(=O)c1nn(CC(=O)N2C[C@H](F)C[C@H]2C(=O)Cc2ccn(CC(F)(F)F)n2)c2ccc(-c3cnc(C)nc3)cc12. The van der Waals surface area contributed by atoms with Crippen molar-refractivity contribution in [2.75, 3.05) is 6.54 Å². The van der Waals surface area contributed by atoms with Crippen LogP contribution in [0.25, 0.3) is 22.0 Å². The predicted molar refractivity (Wildman–Crippen MR) is 138 cm³/mol. The lowest BCUT2D eigenvalue weighted by Crippen LogP contribution is -2.43. The van der Waals surface area contributed by atoms with E-state index in [-0.39, 0.29) is 43.1 Å². The molecule has 5 rings (SSSR count). The number of Topliss-reactive ketones (excluding diaryl/α,β-unsaturated/α-hetero) is 2. The normalized spacial score (nSPS) is 17.4. The first-order valence-corrected chi connectivity index (χ1v) is 12.7. The molecule has 0 radical (unpaired) electrons. The standard InChI is InChI=1S/C27H25F4N7O3/c1-15(39)26-21-7-17(18-10-32-16(2)33-11-18)3-4-22(21)38(35-26)13-25(41)37-12-19(28)8-23(37)24(40)9-20-5-6-36(34-20)14-27(29,30)31/h3-7,10-11,19,23H,8-9,12-14H2,1-2H3/t19-,23+/m1/s1. The summed E-state index contributed by atoms with van der Waals surface area (Å²) in [5.41, 5.74) is 2.21. The highest BCUT2D eigenvalue weighted by atomic mass is 19.4. The van der Waals surface area contributed by atoms with Crippen LogP contribution in [0.15, 0.2) is 42.9 Å². The summed E-state index contributed by atoms with van der Waals surface area (Å²) in [7, 11) is 0. The summed E-state index contributed by atoms with van der Waals surface area (Å²) in [4.78, 5) is 48.2. The first-order chi connectivity index (χ1) is 19.4. The summed E-state index contributed by atoms with van der Waals surface area (Å²) in [6, 6.07) is 5.42. The summed E-state index contributed by atoms with van der Waals surface area (Å²) in [6.45, 7) is 1.15. The van der Waals surface area contributed by atoms with E-state index in [4.69, 9.17) is 0 Å². The van der Waals surface area contributed by atoms with E-state index in [2.05, 4.69) is 20.2 Å². The molecule has 1 aromatic carbocycles. The number of rotatable bonds is 8. The van der Waals surface area contributed by atoms with E-state index in [1.165, 1.54) is 17.7 Å². The van der Waals surface area contributed by atoms with Crippen LogP contribution in [0, 0.1) is 6.92 Å². The molecule has 0 spiro atoms. The Balaban J connectivity index is 1.36. The van der Waals surface area contributed by atoms with Crippen molar-refractivity contribution in [2.24, 2.45) is 0 Å². The Kier molecular flexibility index (Phi) is 7.41. The molecule has 10 nitrogen and oxygen atoms in total. The summed E-state index contributed by atoms with van der Waals surface area (Å²) in [5.74, 6) is -0.825. The Bertz CT molecular complexity index is 1630. The van der Waals surface area contributed by atoms with Crippen molar-refractivity contribution in [1.82, 2.24) is 34.4 Å². The van der Waals surface area contributed by atoms with Crippen molar-refractivity contribution in [2.45, 2.75) is 58.2 Å². The summed E-state index contributed by atoms with van der Waals surface area (Å²) < 4.78 is 54.3. The number of hydrogen-bond donors (Lipinski definition) is 0. The van der Waals surface area contributed by atoms with Gasteiger partial charge in [-0.2, -0.15) is 23.4 Å². The molecule has 1 fully saturated rings. The Labute approximate surface area is 231 Å². The molecule has 0 N–H and O–H groups in total. The molecule has 2 atom stereocenters. The summed E-state index contributed by atoms with van der Waals surface area (Å²) in [6.07, 6.45) is -2.08. The number of alkyl halides is 4. The molecule has 0 saturated carbocycles. The van der Waals surface area contributed by atoms with Crippen LogP contribution in [0.2, 0.25) is 0 Å². The third-order valence-corrected chi connectivity index (χ3v) is 6.82. The quantitative estimate of drug-likeness (QED) is 0.235. The van der Waals surface area contributed by atoms with Gasteiger partial charge in [0.05, 0.1) is 30.2 Å². The molecule has 1 aliphatic rings. The van der Waals surface area contributed by atoms with Crippen LogP contribution in [0.4, 0.5) is 17.6 Å². The van der Waals surface area contributed by atoms with Gasteiger partial charge in [0.15, 0.2) is 11.6 Å². The zero-order valence-corrected chi connectivity index (χ0v) is 22.1. The van der Waals surface area contributed by atoms with Gasteiger partial charge in [0.25, 0.3) is 0 Å². The molecular weight excluding hydrogens is 546 g/mol. The van der Waals surface area contributed by atoms with Crippen molar-refractivity contribution in [3.05, 3.63) is 60.1 Å². The number of fused-ring (bicyclic) bond motifs is 1. The lowest BCUT2D eigenvalue weighted by Gasteiger charge is -2.23. The number of ketones is 2. The lowest BCUT2D eigenvalue weighted by atomic mass is 10.0. The first kappa shape index (κ1) is 28.1. The number of nitrogens with zero attached hydrogens (tertiary/aromatic N) is 7. The third-order valence-electron chi connectivity index (χ3n) is 6.82.